The van der Waals surface area contributed by atoms with E-state index in [4.69, 9.17) is 0 Å². The molecule has 25 heavy (non-hydrogen) atoms. The van der Waals surface area contributed by atoms with Gasteiger partial charge in [0.25, 0.3) is 0 Å². The molecule has 0 heterocycles. The predicted octanol–water partition coefficient (Wildman–Crippen LogP) is 2.85. The number of hydrogen-bond donors (Lipinski definition) is 2. The van der Waals surface area contributed by atoms with Crippen LogP contribution < -0.4 is 10.6 Å². The average Bonchev–Trinajstić information content (AvgIpc) is 2.52. The summed E-state index contributed by atoms with van der Waals surface area (Å²) in [6.45, 7) is 4.06. The SMILES string of the molecule is CC(=O)NCCCCCC(=O)N(C)CC(=O)Nc1ccc(Br)cc1C. The van der Waals surface area contributed by atoms with E-state index in [1.54, 1.807) is 7.05 Å². The molecule has 0 spiro atoms. The number of carbonyl (C=O) groups excluding carboxylic acids is 3. The molecule has 0 bridgehead atoms. The summed E-state index contributed by atoms with van der Waals surface area (Å²) in [6.07, 6.45) is 2.86. The summed E-state index contributed by atoms with van der Waals surface area (Å²) >= 11 is 3.38. The number of hydrogen-bond acceptors (Lipinski definition) is 3. The maximum Gasteiger partial charge on any atom is 0.243 e. The molecular weight excluding hydrogens is 386 g/mol. The van der Waals surface area contributed by atoms with Crippen molar-refractivity contribution in [3.8, 4) is 0 Å². The molecule has 0 aliphatic heterocycles. The third-order valence-electron chi connectivity index (χ3n) is 3.71. The lowest BCUT2D eigenvalue weighted by Crippen LogP contribution is -2.34. The quantitative estimate of drug-likeness (QED) is 0.613. The molecule has 0 aliphatic carbocycles. The summed E-state index contributed by atoms with van der Waals surface area (Å²) in [4.78, 5) is 36.3. The highest BCUT2D eigenvalue weighted by Crippen LogP contribution is 2.19. The highest BCUT2D eigenvalue weighted by molar-refractivity contribution is 9.10. The van der Waals surface area contributed by atoms with Gasteiger partial charge in [-0.2, -0.15) is 0 Å². The van der Waals surface area contributed by atoms with Gasteiger partial charge in [0.05, 0.1) is 6.54 Å². The Bertz CT molecular complexity index is 620. The average molecular weight is 412 g/mol. The van der Waals surface area contributed by atoms with Gasteiger partial charge in [0.2, 0.25) is 17.7 Å². The summed E-state index contributed by atoms with van der Waals surface area (Å²) < 4.78 is 0.953. The van der Waals surface area contributed by atoms with Crippen LogP contribution in [0.1, 0.15) is 38.2 Å². The summed E-state index contributed by atoms with van der Waals surface area (Å²) in [7, 11) is 1.63. The van der Waals surface area contributed by atoms with E-state index in [0.717, 1.165) is 35.0 Å². The third kappa shape index (κ3) is 8.67. The molecule has 0 fully saturated rings. The molecule has 0 aromatic heterocycles. The van der Waals surface area contributed by atoms with Crippen molar-refractivity contribution in [2.24, 2.45) is 0 Å². The molecule has 0 saturated carbocycles. The molecule has 0 radical (unpaired) electrons. The number of nitrogens with zero attached hydrogens (tertiary/aromatic N) is 1. The van der Waals surface area contributed by atoms with Crippen molar-refractivity contribution in [2.75, 3.05) is 25.5 Å². The smallest absolute Gasteiger partial charge is 0.243 e. The molecule has 0 atom stereocenters. The van der Waals surface area contributed by atoms with Gasteiger partial charge in [-0.05, 0) is 43.5 Å². The second-order valence-electron chi connectivity index (χ2n) is 6.05. The molecular formula is C18H26BrN3O3. The first-order chi connectivity index (χ1) is 11.8. The van der Waals surface area contributed by atoms with Gasteiger partial charge in [-0.15, -0.1) is 0 Å². The number of rotatable bonds is 9. The Kier molecular flexibility index (Phi) is 9.20. The van der Waals surface area contributed by atoms with Gasteiger partial charge in [-0.3, -0.25) is 14.4 Å². The van der Waals surface area contributed by atoms with E-state index < -0.39 is 0 Å². The molecule has 6 nitrogen and oxygen atoms in total. The minimum Gasteiger partial charge on any atom is -0.356 e. The van der Waals surface area contributed by atoms with Gasteiger partial charge < -0.3 is 15.5 Å². The summed E-state index contributed by atoms with van der Waals surface area (Å²) in [5.41, 5.74) is 1.70. The topological polar surface area (TPSA) is 78.5 Å². The Morgan fingerprint density at radius 1 is 1.16 bits per heavy atom. The number of amides is 3. The number of anilines is 1. The van der Waals surface area contributed by atoms with E-state index in [-0.39, 0.29) is 24.3 Å². The number of benzene rings is 1. The lowest BCUT2D eigenvalue weighted by molar-refractivity contribution is -0.133. The molecule has 1 rings (SSSR count). The summed E-state index contributed by atoms with van der Waals surface area (Å²) in [5.74, 6) is -0.308. The van der Waals surface area contributed by atoms with Crippen molar-refractivity contribution in [3.05, 3.63) is 28.2 Å². The van der Waals surface area contributed by atoms with Crippen LogP contribution in [0.15, 0.2) is 22.7 Å². The van der Waals surface area contributed by atoms with Crippen LogP contribution >= 0.6 is 15.9 Å². The van der Waals surface area contributed by atoms with E-state index in [1.807, 2.05) is 25.1 Å². The zero-order chi connectivity index (χ0) is 18.8. The zero-order valence-electron chi connectivity index (χ0n) is 15.0. The number of likely N-dealkylation sites (N-methyl/N-ethyl adjacent to an activating group) is 1. The third-order valence-corrected chi connectivity index (χ3v) is 4.20. The number of carbonyl (C=O) groups is 3. The first-order valence-electron chi connectivity index (χ1n) is 8.34. The van der Waals surface area contributed by atoms with Crippen LogP contribution in [0.2, 0.25) is 0 Å². The van der Waals surface area contributed by atoms with E-state index in [2.05, 4.69) is 26.6 Å². The van der Waals surface area contributed by atoms with Crippen LogP contribution in [0.3, 0.4) is 0 Å². The van der Waals surface area contributed by atoms with Crippen molar-refractivity contribution in [1.82, 2.24) is 10.2 Å². The second-order valence-corrected chi connectivity index (χ2v) is 6.97. The van der Waals surface area contributed by atoms with Crippen LogP contribution in [0, 0.1) is 6.92 Å². The fourth-order valence-electron chi connectivity index (χ4n) is 2.29. The first-order valence-corrected chi connectivity index (χ1v) is 9.13. The minimum atomic E-state index is -0.216. The maximum absolute atomic E-state index is 12.1. The molecule has 138 valence electrons. The van der Waals surface area contributed by atoms with Gasteiger partial charge in [0.1, 0.15) is 0 Å². The van der Waals surface area contributed by atoms with E-state index in [0.29, 0.717) is 13.0 Å². The van der Waals surface area contributed by atoms with Crippen LogP contribution in [-0.2, 0) is 14.4 Å². The molecule has 7 heteroatoms. The fraction of sp³-hybridized carbons (Fsp3) is 0.500. The predicted molar refractivity (Wildman–Crippen MR) is 102 cm³/mol. The van der Waals surface area contributed by atoms with Crippen LogP contribution in [0.4, 0.5) is 5.69 Å². The number of nitrogens with one attached hydrogen (secondary N) is 2. The Labute approximate surface area is 157 Å². The molecule has 2 N–H and O–H groups in total. The van der Waals surface area contributed by atoms with Crippen molar-refractivity contribution in [3.63, 3.8) is 0 Å². The van der Waals surface area contributed by atoms with Crippen molar-refractivity contribution in [1.29, 1.82) is 0 Å². The number of unbranched alkanes of at least 4 members (excludes halogenated alkanes) is 2. The standard InChI is InChI=1S/C18H26BrN3O3/c1-13-11-15(19)8-9-16(13)21-17(24)12-22(3)18(25)7-5-4-6-10-20-14(2)23/h8-9,11H,4-7,10,12H2,1-3H3,(H,20,23)(H,21,24). The minimum absolute atomic E-state index is 0.0280. The first kappa shape index (κ1) is 21.2. The van der Waals surface area contributed by atoms with Gasteiger partial charge >= 0.3 is 0 Å². The zero-order valence-corrected chi connectivity index (χ0v) is 16.6. The highest BCUT2D eigenvalue weighted by Gasteiger charge is 2.13. The van der Waals surface area contributed by atoms with Gasteiger partial charge in [0.15, 0.2) is 0 Å². The van der Waals surface area contributed by atoms with Crippen molar-refractivity contribution in [2.45, 2.75) is 39.5 Å². The van der Waals surface area contributed by atoms with E-state index >= 15 is 0 Å². The van der Waals surface area contributed by atoms with Crippen LogP contribution in [0.5, 0.6) is 0 Å². The van der Waals surface area contributed by atoms with Gasteiger partial charge in [-0.25, -0.2) is 0 Å². The molecule has 1 aromatic rings. The Morgan fingerprint density at radius 2 is 1.88 bits per heavy atom. The lowest BCUT2D eigenvalue weighted by atomic mass is 10.2. The van der Waals surface area contributed by atoms with E-state index in [1.165, 1.54) is 11.8 Å². The van der Waals surface area contributed by atoms with E-state index in [9.17, 15) is 14.4 Å². The molecule has 1 aromatic carbocycles. The Balaban J connectivity index is 2.29. The fourth-order valence-corrected chi connectivity index (χ4v) is 2.77. The van der Waals surface area contributed by atoms with Crippen molar-refractivity contribution < 1.29 is 14.4 Å². The lowest BCUT2D eigenvalue weighted by Gasteiger charge is -2.17. The largest absolute Gasteiger partial charge is 0.356 e. The monoisotopic (exact) mass is 411 g/mol. The number of halogens is 1. The van der Waals surface area contributed by atoms with Gasteiger partial charge in [0, 0.05) is 37.1 Å². The summed E-state index contributed by atoms with van der Waals surface area (Å²) in [6, 6.07) is 5.61. The maximum atomic E-state index is 12.1. The molecule has 0 unspecified atom stereocenters. The number of aryl methyl sites for hydroxylation is 1. The normalized spacial score (nSPS) is 10.2. The van der Waals surface area contributed by atoms with Crippen molar-refractivity contribution >= 4 is 39.3 Å². The molecule has 0 saturated heterocycles. The summed E-state index contributed by atoms with van der Waals surface area (Å²) in [5, 5.41) is 5.55. The van der Waals surface area contributed by atoms with Crippen LogP contribution in [-0.4, -0.2) is 42.8 Å². The van der Waals surface area contributed by atoms with Gasteiger partial charge in [-0.1, -0.05) is 22.4 Å². The molecule has 3 amide bonds. The van der Waals surface area contributed by atoms with Crippen LogP contribution in [0.25, 0.3) is 0 Å². The molecule has 0 aliphatic rings. The highest BCUT2D eigenvalue weighted by atomic mass is 79.9. The Hall–Kier alpha value is -1.89. The second kappa shape index (κ2) is 10.9. The Morgan fingerprint density at radius 3 is 2.52 bits per heavy atom.